The number of ether oxygens (including phenoxy) is 2. The highest BCUT2D eigenvalue weighted by atomic mass is 32.1. The van der Waals surface area contributed by atoms with Crippen LogP contribution in [-0.2, 0) is 4.79 Å². The van der Waals surface area contributed by atoms with Crippen molar-refractivity contribution in [2.45, 2.75) is 39.2 Å². The fourth-order valence-corrected chi connectivity index (χ4v) is 3.18. The van der Waals surface area contributed by atoms with Crippen molar-refractivity contribution < 1.29 is 14.3 Å². The molecule has 1 aromatic carbocycles. The molecule has 3 N–H and O–H groups in total. The minimum atomic E-state index is -0.301. The fourth-order valence-electron chi connectivity index (χ4n) is 2.97. The molecular formula is C18H27N3O3S. The number of thiocarbonyl (C=S) groups is 1. The van der Waals surface area contributed by atoms with Crippen molar-refractivity contribution in [1.82, 2.24) is 16.2 Å². The Hall–Kier alpha value is -2.02. The van der Waals surface area contributed by atoms with E-state index < -0.39 is 0 Å². The summed E-state index contributed by atoms with van der Waals surface area (Å²) in [7, 11) is 1.60. The summed E-state index contributed by atoms with van der Waals surface area (Å²) in [5.41, 5.74) is 5.29. The van der Waals surface area contributed by atoms with Gasteiger partial charge in [0.1, 0.15) is 11.5 Å². The molecule has 25 heavy (non-hydrogen) atoms. The second-order valence-electron chi connectivity index (χ2n) is 6.48. The number of nitrogens with one attached hydrogen (secondary N) is 3. The summed E-state index contributed by atoms with van der Waals surface area (Å²) < 4.78 is 10.5. The zero-order valence-corrected chi connectivity index (χ0v) is 15.8. The number of methoxy groups -OCH3 is 1. The van der Waals surface area contributed by atoms with Crippen LogP contribution in [0.15, 0.2) is 24.3 Å². The van der Waals surface area contributed by atoms with E-state index in [1.54, 1.807) is 31.4 Å². The molecule has 6 nitrogen and oxygen atoms in total. The zero-order valence-electron chi connectivity index (χ0n) is 15.0. The summed E-state index contributed by atoms with van der Waals surface area (Å²) in [5, 5.41) is 3.73. The van der Waals surface area contributed by atoms with E-state index in [9.17, 15) is 4.79 Å². The van der Waals surface area contributed by atoms with Crippen LogP contribution in [0.1, 0.15) is 33.1 Å². The molecule has 1 aromatic rings. The van der Waals surface area contributed by atoms with Crippen molar-refractivity contribution in [2.75, 3.05) is 13.7 Å². The normalized spacial score (nSPS) is 22.6. The molecule has 0 unspecified atom stereocenters. The smallest absolute Gasteiger partial charge is 0.276 e. The largest absolute Gasteiger partial charge is 0.497 e. The maximum atomic E-state index is 11.8. The van der Waals surface area contributed by atoms with Crippen molar-refractivity contribution in [2.24, 2.45) is 11.8 Å². The Morgan fingerprint density at radius 1 is 1.16 bits per heavy atom. The van der Waals surface area contributed by atoms with E-state index >= 15 is 0 Å². The topological polar surface area (TPSA) is 71.6 Å². The molecule has 1 amide bonds. The third-order valence-corrected chi connectivity index (χ3v) is 4.99. The fraction of sp³-hybridized carbons (Fsp3) is 0.556. The second-order valence-corrected chi connectivity index (χ2v) is 6.89. The van der Waals surface area contributed by atoms with Gasteiger partial charge in [-0.05, 0) is 54.7 Å². The molecule has 2 rings (SSSR count). The van der Waals surface area contributed by atoms with Crippen molar-refractivity contribution in [1.29, 1.82) is 0 Å². The number of rotatable bonds is 5. The molecule has 3 atom stereocenters. The third kappa shape index (κ3) is 6.08. The van der Waals surface area contributed by atoms with Gasteiger partial charge >= 0.3 is 0 Å². The molecule has 0 heterocycles. The summed E-state index contributed by atoms with van der Waals surface area (Å²) in [5.74, 6) is 2.27. The third-order valence-electron chi connectivity index (χ3n) is 4.77. The first-order valence-electron chi connectivity index (χ1n) is 8.61. The Kier molecular flexibility index (Phi) is 7.31. The monoisotopic (exact) mass is 365 g/mol. The minimum Gasteiger partial charge on any atom is -0.497 e. The summed E-state index contributed by atoms with van der Waals surface area (Å²) in [6.07, 6.45) is 3.56. The number of hydrogen-bond donors (Lipinski definition) is 3. The van der Waals surface area contributed by atoms with E-state index in [0.717, 1.165) is 12.2 Å². The van der Waals surface area contributed by atoms with E-state index in [2.05, 4.69) is 30.0 Å². The molecule has 138 valence electrons. The van der Waals surface area contributed by atoms with Crippen molar-refractivity contribution in [3.63, 3.8) is 0 Å². The highest BCUT2D eigenvalue weighted by molar-refractivity contribution is 7.80. The number of amides is 1. The van der Waals surface area contributed by atoms with Gasteiger partial charge in [-0.1, -0.05) is 26.7 Å². The summed E-state index contributed by atoms with van der Waals surface area (Å²) in [4.78, 5) is 11.8. The lowest BCUT2D eigenvalue weighted by atomic mass is 9.78. The molecule has 0 spiro atoms. The molecule has 1 aliphatic rings. The van der Waals surface area contributed by atoms with Gasteiger partial charge in [-0.25, -0.2) is 0 Å². The predicted octanol–water partition coefficient (Wildman–Crippen LogP) is 2.39. The maximum Gasteiger partial charge on any atom is 0.276 e. The predicted molar refractivity (Wildman–Crippen MR) is 101 cm³/mol. The Bertz CT molecular complexity index is 579. The molecule has 0 aliphatic heterocycles. The molecular weight excluding hydrogens is 338 g/mol. The molecule has 0 bridgehead atoms. The lowest BCUT2D eigenvalue weighted by Gasteiger charge is -2.35. The number of carbonyl (C=O) groups is 1. The van der Waals surface area contributed by atoms with E-state index in [0.29, 0.717) is 28.7 Å². The molecule has 7 heteroatoms. The van der Waals surface area contributed by atoms with E-state index in [1.807, 2.05) is 0 Å². The first kappa shape index (κ1) is 19.3. The van der Waals surface area contributed by atoms with Crippen LogP contribution in [0.2, 0.25) is 0 Å². The SMILES string of the molecule is COc1ccc(OCC(=O)NNC(=S)N[C@@H]2CCC[C@@H](C)[C@H]2C)cc1. The van der Waals surface area contributed by atoms with Crippen LogP contribution < -0.4 is 25.6 Å². The Morgan fingerprint density at radius 3 is 2.52 bits per heavy atom. The number of hydrogen-bond acceptors (Lipinski definition) is 4. The lowest BCUT2D eigenvalue weighted by molar-refractivity contribution is -0.123. The molecule has 0 saturated heterocycles. The van der Waals surface area contributed by atoms with E-state index in [-0.39, 0.29) is 12.5 Å². The molecule has 0 radical (unpaired) electrons. The van der Waals surface area contributed by atoms with Crippen LogP contribution in [-0.4, -0.2) is 30.8 Å². The van der Waals surface area contributed by atoms with Crippen LogP contribution >= 0.6 is 12.2 Å². The molecule has 0 aromatic heterocycles. The average molecular weight is 365 g/mol. The van der Waals surface area contributed by atoms with Crippen molar-refractivity contribution in [3.05, 3.63) is 24.3 Å². The van der Waals surface area contributed by atoms with Crippen LogP contribution in [0, 0.1) is 11.8 Å². The Morgan fingerprint density at radius 2 is 1.84 bits per heavy atom. The second kappa shape index (κ2) is 9.46. The average Bonchev–Trinajstić information content (AvgIpc) is 2.62. The van der Waals surface area contributed by atoms with Crippen LogP contribution in [0.25, 0.3) is 0 Å². The highest BCUT2D eigenvalue weighted by Gasteiger charge is 2.27. The summed E-state index contributed by atoms with van der Waals surface area (Å²) >= 11 is 5.26. The van der Waals surface area contributed by atoms with Gasteiger partial charge in [-0.15, -0.1) is 0 Å². The quantitative estimate of drug-likeness (QED) is 0.550. The highest BCUT2D eigenvalue weighted by Crippen LogP contribution is 2.29. The molecule has 1 saturated carbocycles. The molecule has 1 fully saturated rings. The van der Waals surface area contributed by atoms with Crippen molar-refractivity contribution in [3.8, 4) is 11.5 Å². The van der Waals surface area contributed by atoms with Gasteiger partial charge in [0, 0.05) is 6.04 Å². The standard InChI is InChI=1S/C18H27N3O3S/c1-12-5-4-6-16(13(12)2)19-18(25)21-20-17(22)11-24-15-9-7-14(23-3)8-10-15/h7-10,12-13,16H,4-6,11H2,1-3H3,(H,20,22)(H2,19,21,25)/t12-,13-,16-/m1/s1. The van der Waals surface area contributed by atoms with Crippen molar-refractivity contribution >= 4 is 23.2 Å². The summed E-state index contributed by atoms with van der Waals surface area (Å²) in [6, 6.07) is 7.39. The van der Waals surface area contributed by atoms with Crippen LogP contribution in [0.4, 0.5) is 0 Å². The van der Waals surface area contributed by atoms with E-state index in [4.69, 9.17) is 21.7 Å². The van der Waals surface area contributed by atoms with Crippen LogP contribution in [0.3, 0.4) is 0 Å². The zero-order chi connectivity index (χ0) is 18.2. The van der Waals surface area contributed by atoms with Gasteiger partial charge in [0.15, 0.2) is 11.7 Å². The van der Waals surface area contributed by atoms with Gasteiger partial charge in [0.25, 0.3) is 5.91 Å². The Labute approximate surface area is 154 Å². The van der Waals surface area contributed by atoms with Gasteiger partial charge in [-0.3, -0.25) is 15.6 Å². The van der Waals surface area contributed by atoms with Gasteiger partial charge in [-0.2, -0.15) is 0 Å². The van der Waals surface area contributed by atoms with Crippen LogP contribution in [0.5, 0.6) is 11.5 Å². The molecule has 1 aliphatic carbocycles. The lowest BCUT2D eigenvalue weighted by Crippen LogP contribution is -2.53. The van der Waals surface area contributed by atoms with Gasteiger partial charge in [0.05, 0.1) is 7.11 Å². The minimum absolute atomic E-state index is 0.0984. The first-order chi connectivity index (χ1) is 12.0. The Balaban J connectivity index is 1.67. The number of hydrazine groups is 1. The number of carbonyl (C=O) groups excluding carboxylic acids is 1. The van der Waals surface area contributed by atoms with Gasteiger partial charge in [0.2, 0.25) is 0 Å². The summed E-state index contributed by atoms with van der Waals surface area (Å²) in [6.45, 7) is 4.41. The van der Waals surface area contributed by atoms with Gasteiger partial charge < -0.3 is 14.8 Å². The number of benzene rings is 1. The van der Waals surface area contributed by atoms with E-state index in [1.165, 1.54) is 12.8 Å². The first-order valence-corrected chi connectivity index (χ1v) is 9.02. The maximum absolute atomic E-state index is 11.8.